The summed E-state index contributed by atoms with van der Waals surface area (Å²) >= 11 is 0. The van der Waals surface area contributed by atoms with Gasteiger partial charge in [-0.05, 0) is 25.5 Å². The van der Waals surface area contributed by atoms with Crippen molar-refractivity contribution in [1.82, 2.24) is 24.4 Å². The number of hydrogen-bond donors (Lipinski definition) is 0. The molecule has 24 heavy (non-hydrogen) atoms. The average Bonchev–Trinajstić information content (AvgIpc) is 2.99. The molecular formula is C17H27N7. The van der Waals surface area contributed by atoms with Crippen molar-refractivity contribution in [3.05, 3.63) is 30.5 Å². The van der Waals surface area contributed by atoms with Gasteiger partial charge in [-0.2, -0.15) is 4.98 Å². The zero-order chi connectivity index (χ0) is 17.1. The van der Waals surface area contributed by atoms with Crippen molar-refractivity contribution < 1.29 is 0 Å². The van der Waals surface area contributed by atoms with E-state index in [1.54, 1.807) is 0 Å². The van der Waals surface area contributed by atoms with Gasteiger partial charge in [-0.15, -0.1) is 0 Å². The highest BCUT2D eigenvalue weighted by atomic mass is 15.3. The fourth-order valence-corrected chi connectivity index (χ4v) is 3.18. The van der Waals surface area contributed by atoms with Gasteiger partial charge in [0.15, 0.2) is 0 Å². The third kappa shape index (κ3) is 3.67. The minimum absolute atomic E-state index is 0.435. The van der Waals surface area contributed by atoms with Crippen LogP contribution >= 0.6 is 0 Å². The highest BCUT2D eigenvalue weighted by Gasteiger charge is 2.25. The Balaban J connectivity index is 1.67. The van der Waals surface area contributed by atoms with Crippen LogP contribution in [0.2, 0.25) is 0 Å². The molecular weight excluding hydrogens is 302 g/mol. The molecule has 1 fully saturated rings. The van der Waals surface area contributed by atoms with Crippen LogP contribution < -0.4 is 9.80 Å². The quantitative estimate of drug-likeness (QED) is 0.826. The van der Waals surface area contributed by atoms with E-state index in [0.717, 1.165) is 31.4 Å². The van der Waals surface area contributed by atoms with E-state index < -0.39 is 0 Å². The van der Waals surface area contributed by atoms with Gasteiger partial charge in [0.1, 0.15) is 5.82 Å². The molecule has 2 aromatic rings. The van der Waals surface area contributed by atoms with Crippen LogP contribution in [0.4, 0.5) is 11.8 Å². The van der Waals surface area contributed by atoms with Crippen LogP contribution in [0.1, 0.15) is 18.5 Å². The molecule has 7 heteroatoms. The topological polar surface area (TPSA) is 53.3 Å². The molecule has 0 bridgehead atoms. The minimum Gasteiger partial charge on any atom is -0.363 e. The second-order valence-electron chi connectivity index (χ2n) is 6.75. The highest BCUT2D eigenvalue weighted by Crippen LogP contribution is 2.21. The number of nitrogens with zero attached hydrogens (tertiary/aromatic N) is 7. The fraction of sp³-hybridized carbons (Fsp3) is 0.588. The smallest absolute Gasteiger partial charge is 0.227 e. The van der Waals surface area contributed by atoms with Crippen LogP contribution in [0.25, 0.3) is 0 Å². The zero-order valence-electron chi connectivity index (χ0n) is 15.1. The Morgan fingerprint density at radius 2 is 2.12 bits per heavy atom. The lowest BCUT2D eigenvalue weighted by molar-refractivity contribution is 0.194. The van der Waals surface area contributed by atoms with Gasteiger partial charge in [-0.3, -0.25) is 4.90 Å². The van der Waals surface area contributed by atoms with Gasteiger partial charge >= 0.3 is 0 Å². The fourth-order valence-electron chi connectivity index (χ4n) is 3.18. The Kier molecular flexibility index (Phi) is 4.99. The van der Waals surface area contributed by atoms with Crippen LogP contribution in [-0.2, 0) is 13.6 Å². The number of piperidine rings is 1. The molecule has 0 saturated carbocycles. The summed E-state index contributed by atoms with van der Waals surface area (Å²) in [6.07, 6.45) is 8.03. The molecule has 7 nitrogen and oxygen atoms in total. The van der Waals surface area contributed by atoms with Crippen LogP contribution in [0.5, 0.6) is 0 Å². The Morgan fingerprint density at radius 3 is 2.83 bits per heavy atom. The van der Waals surface area contributed by atoms with Gasteiger partial charge in [-0.1, -0.05) is 0 Å². The number of anilines is 2. The summed E-state index contributed by atoms with van der Waals surface area (Å²) in [5.74, 6) is 1.74. The average molecular weight is 329 g/mol. The van der Waals surface area contributed by atoms with Crippen molar-refractivity contribution >= 4 is 11.8 Å². The maximum Gasteiger partial charge on any atom is 0.227 e. The lowest BCUT2D eigenvalue weighted by Gasteiger charge is -2.37. The molecule has 1 saturated heterocycles. The molecule has 0 amide bonds. The summed E-state index contributed by atoms with van der Waals surface area (Å²) in [4.78, 5) is 20.1. The van der Waals surface area contributed by atoms with Gasteiger partial charge in [0, 0.05) is 59.7 Å². The molecule has 3 heterocycles. The summed E-state index contributed by atoms with van der Waals surface area (Å²) in [6, 6.07) is 2.37. The Morgan fingerprint density at radius 1 is 1.29 bits per heavy atom. The first kappa shape index (κ1) is 16.7. The number of rotatable bonds is 5. The molecule has 3 rings (SSSR count). The van der Waals surface area contributed by atoms with E-state index in [-0.39, 0.29) is 0 Å². The maximum absolute atomic E-state index is 4.67. The monoisotopic (exact) mass is 329 g/mol. The molecule has 0 N–H and O–H groups in total. The number of likely N-dealkylation sites (N-methyl/N-ethyl adjacent to an activating group) is 1. The molecule has 1 atom stereocenters. The maximum atomic E-state index is 4.67. The lowest BCUT2D eigenvalue weighted by atomic mass is 10.0. The first-order chi connectivity index (χ1) is 11.5. The normalized spacial score (nSPS) is 18.6. The van der Waals surface area contributed by atoms with E-state index >= 15 is 0 Å². The number of hydrogen-bond acceptors (Lipinski definition) is 6. The third-order valence-electron chi connectivity index (χ3n) is 4.73. The van der Waals surface area contributed by atoms with Gasteiger partial charge in [-0.25, -0.2) is 9.97 Å². The predicted octanol–water partition coefficient (Wildman–Crippen LogP) is 1.38. The van der Waals surface area contributed by atoms with E-state index in [9.17, 15) is 0 Å². The van der Waals surface area contributed by atoms with Crippen molar-refractivity contribution in [2.75, 3.05) is 44.0 Å². The molecule has 0 radical (unpaired) electrons. The summed E-state index contributed by atoms with van der Waals surface area (Å²) in [6.45, 7) is 3.10. The molecule has 1 unspecified atom stereocenters. The van der Waals surface area contributed by atoms with Crippen molar-refractivity contribution in [2.45, 2.75) is 25.4 Å². The standard InChI is InChI=1S/C17H27N7/c1-21(2)16-7-8-19-17(20-16)23(4)14-6-5-9-24(11-14)12-15-10-18-13-22(15)3/h7-8,10,13-14H,5-6,9,11-12H2,1-4H3. The van der Waals surface area contributed by atoms with Gasteiger partial charge in [0.05, 0.1) is 12.0 Å². The molecule has 1 aliphatic heterocycles. The number of aromatic nitrogens is 4. The largest absolute Gasteiger partial charge is 0.363 e. The summed E-state index contributed by atoms with van der Waals surface area (Å²) in [7, 11) is 8.16. The van der Waals surface area contributed by atoms with E-state index in [2.05, 4.69) is 43.4 Å². The van der Waals surface area contributed by atoms with Crippen LogP contribution in [-0.4, -0.2) is 64.7 Å². The van der Waals surface area contributed by atoms with Crippen molar-refractivity contribution in [3.8, 4) is 0 Å². The summed E-state index contributed by atoms with van der Waals surface area (Å²) < 4.78 is 2.09. The van der Waals surface area contributed by atoms with E-state index in [4.69, 9.17) is 0 Å². The van der Waals surface area contributed by atoms with Crippen LogP contribution in [0.15, 0.2) is 24.8 Å². The van der Waals surface area contributed by atoms with Crippen molar-refractivity contribution in [1.29, 1.82) is 0 Å². The second kappa shape index (κ2) is 7.17. The lowest BCUT2D eigenvalue weighted by Crippen LogP contribution is -2.47. The zero-order valence-corrected chi connectivity index (χ0v) is 15.1. The Bertz CT molecular complexity index is 666. The van der Waals surface area contributed by atoms with Crippen molar-refractivity contribution in [3.63, 3.8) is 0 Å². The molecule has 0 aliphatic carbocycles. The second-order valence-corrected chi connectivity index (χ2v) is 6.75. The van der Waals surface area contributed by atoms with Crippen LogP contribution in [0.3, 0.4) is 0 Å². The SMILES string of the molecule is CN(C)c1ccnc(N(C)C2CCCN(Cc3cncn3C)C2)n1. The number of likely N-dealkylation sites (tertiary alicyclic amines) is 1. The van der Waals surface area contributed by atoms with Gasteiger partial charge < -0.3 is 14.4 Å². The van der Waals surface area contributed by atoms with Crippen LogP contribution in [0, 0.1) is 0 Å². The van der Waals surface area contributed by atoms with Gasteiger partial charge in [0.2, 0.25) is 5.95 Å². The Hall–Kier alpha value is -2.15. The predicted molar refractivity (Wildman–Crippen MR) is 96.3 cm³/mol. The number of imidazole rings is 1. The number of aryl methyl sites for hydroxylation is 1. The van der Waals surface area contributed by atoms with Crippen molar-refractivity contribution in [2.24, 2.45) is 7.05 Å². The third-order valence-corrected chi connectivity index (χ3v) is 4.73. The molecule has 130 valence electrons. The summed E-state index contributed by atoms with van der Waals surface area (Å²) in [5.41, 5.74) is 1.25. The van der Waals surface area contributed by atoms with Gasteiger partial charge in [0.25, 0.3) is 0 Å². The summed E-state index contributed by atoms with van der Waals surface area (Å²) in [5, 5.41) is 0. The molecule has 1 aliphatic rings. The first-order valence-electron chi connectivity index (χ1n) is 8.45. The van der Waals surface area contributed by atoms with E-state index in [1.807, 2.05) is 43.8 Å². The highest BCUT2D eigenvalue weighted by molar-refractivity contribution is 5.42. The minimum atomic E-state index is 0.435. The molecule has 2 aromatic heterocycles. The molecule has 0 aromatic carbocycles. The Labute approximate surface area is 143 Å². The first-order valence-corrected chi connectivity index (χ1v) is 8.45. The van der Waals surface area contributed by atoms with E-state index in [0.29, 0.717) is 6.04 Å². The molecule has 0 spiro atoms. The van der Waals surface area contributed by atoms with E-state index in [1.165, 1.54) is 18.5 Å².